The number of hydrogen-bond acceptors (Lipinski definition) is 11. The van der Waals surface area contributed by atoms with E-state index in [9.17, 15) is 30.6 Å². The number of rotatable bonds is 6. The van der Waals surface area contributed by atoms with Crippen molar-refractivity contribution in [3.05, 3.63) is 24.3 Å². The molecule has 1 aromatic carbocycles. The van der Waals surface area contributed by atoms with Crippen LogP contribution in [0.2, 0.25) is 0 Å². The normalized spacial score (nSPS) is 42.0. The predicted octanol–water partition coefficient (Wildman–Crippen LogP) is -2.27. The minimum atomic E-state index is -1.59. The van der Waals surface area contributed by atoms with Crippen molar-refractivity contribution in [2.24, 2.45) is 0 Å². The van der Waals surface area contributed by atoms with Gasteiger partial charge in [0.1, 0.15) is 54.2 Å². The first-order valence-electron chi connectivity index (χ1n) is 9.54. The lowest BCUT2D eigenvalue weighted by atomic mass is 9.98. The zero-order valence-corrected chi connectivity index (χ0v) is 16.5. The van der Waals surface area contributed by atoms with Crippen LogP contribution in [-0.4, -0.2) is 106 Å². The molecule has 0 bridgehead atoms. The summed E-state index contributed by atoms with van der Waals surface area (Å²) in [6.45, 7) is 1.14. The molecule has 0 radical (unpaired) electrons. The summed E-state index contributed by atoms with van der Waals surface area (Å²) in [5, 5.41) is 60.2. The maximum absolute atomic E-state index is 10.2. The minimum absolute atomic E-state index is 0.304. The van der Waals surface area contributed by atoms with Gasteiger partial charge >= 0.3 is 0 Å². The van der Waals surface area contributed by atoms with E-state index in [2.05, 4.69) is 0 Å². The van der Waals surface area contributed by atoms with E-state index < -0.39 is 61.4 Å². The van der Waals surface area contributed by atoms with E-state index in [0.717, 1.165) is 0 Å². The molecule has 10 unspecified atom stereocenters. The Labute approximate surface area is 172 Å². The topological polar surface area (TPSA) is 168 Å². The van der Waals surface area contributed by atoms with Gasteiger partial charge < -0.3 is 54.3 Å². The maximum atomic E-state index is 10.2. The fraction of sp³-hybridized carbons (Fsp3) is 0.684. The number of benzene rings is 1. The molecule has 0 amide bonds. The van der Waals surface area contributed by atoms with E-state index in [4.69, 9.17) is 23.7 Å². The molecule has 0 spiro atoms. The van der Waals surface area contributed by atoms with Crippen molar-refractivity contribution in [2.45, 2.75) is 68.3 Å². The molecule has 10 atom stereocenters. The predicted molar refractivity (Wildman–Crippen MR) is 98.6 cm³/mol. The summed E-state index contributed by atoms with van der Waals surface area (Å²) in [4.78, 5) is 0. The van der Waals surface area contributed by atoms with Crippen molar-refractivity contribution in [3.8, 4) is 11.5 Å². The van der Waals surface area contributed by atoms with Crippen LogP contribution in [0.15, 0.2) is 24.3 Å². The Hall–Kier alpha value is -1.54. The molecule has 6 N–H and O–H groups in total. The van der Waals surface area contributed by atoms with Gasteiger partial charge in [-0.15, -0.1) is 0 Å². The Balaban J connectivity index is 1.64. The number of hydrogen-bond donors (Lipinski definition) is 6. The van der Waals surface area contributed by atoms with Crippen LogP contribution in [0.1, 0.15) is 6.92 Å². The van der Waals surface area contributed by atoms with Crippen molar-refractivity contribution in [2.75, 3.05) is 13.7 Å². The minimum Gasteiger partial charge on any atom is -0.497 e. The fourth-order valence-corrected chi connectivity index (χ4v) is 3.30. The first-order valence-corrected chi connectivity index (χ1v) is 9.54. The average molecular weight is 432 g/mol. The third-order valence-electron chi connectivity index (χ3n) is 5.20. The summed E-state index contributed by atoms with van der Waals surface area (Å²) in [5.74, 6) is 0.815. The molecular weight excluding hydrogens is 404 g/mol. The third kappa shape index (κ3) is 4.85. The largest absolute Gasteiger partial charge is 0.497 e. The molecule has 0 saturated carbocycles. The molecule has 30 heavy (non-hydrogen) atoms. The highest BCUT2D eigenvalue weighted by molar-refractivity contribution is 5.33. The van der Waals surface area contributed by atoms with E-state index >= 15 is 0 Å². The lowest BCUT2D eigenvalue weighted by Crippen LogP contribution is -2.61. The highest BCUT2D eigenvalue weighted by Crippen LogP contribution is 2.28. The summed E-state index contributed by atoms with van der Waals surface area (Å²) >= 11 is 0. The Morgan fingerprint density at radius 2 is 1.43 bits per heavy atom. The average Bonchev–Trinajstić information content (AvgIpc) is 2.75. The monoisotopic (exact) mass is 432 g/mol. The van der Waals surface area contributed by atoms with Crippen LogP contribution in [-0.2, 0) is 14.2 Å². The van der Waals surface area contributed by atoms with Gasteiger partial charge in [-0.3, -0.25) is 0 Å². The molecule has 0 aromatic heterocycles. The SMILES string of the molecule is COc1cccc(OC2OC(COC3OC(C)C(O)C(O)C3O)C(O)C(O)C2O)c1. The standard InChI is InChI=1S/C19H28O11/c1-8-12(20)14(22)16(24)18(28-8)27-7-11-13(21)15(23)17(25)19(30-11)29-10-5-3-4-9(6-10)26-2/h3-6,8,11-25H,7H2,1-2H3. The number of aliphatic hydroxyl groups excluding tert-OH is 6. The molecule has 1 aromatic rings. The Bertz CT molecular complexity index is 688. The van der Waals surface area contributed by atoms with Crippen molar-refractivity contribution in [3.63, 3.8) is 0 Å². The van der Waals surface area contributed by atoms with E-state index in [1.165, 1.54) is 14.0 Å². The molecule has 0 aliphatic carbocycles. The van der Waals surface area contributed by atoms with Crippen LogP contribution in [0.4, 0.5) is 0 Å². The van der Waals surface area contributed by atoms with Gasteiger partial charge in [0.15, 0.2) is 6.29 Å². The van der Waals surface area contributed by atoms with E-state index in [1.807, 2.05) is 0 Å². The van der Waals surface area contributed by atoms with Gasteiger partial charge in [-0.25, -0.2) is 0 Å². The first kappa shape index (κ1) is 23.1. The Morgan fingerprint density at radius 3 is 2.13 bits per heavy atom. The summed E-state index contributed by atoms with van der Waals surface area (Å²) in [6, 6.07) is 6.52. The highest BCUT2D eigenvalue weighted by Gasteiger charge is 2.47. The smallest absolute Gasteiger partial charge is 0.229 e. The third-order valence-corrected chi connectivity index (χ3v) is 5.20. The summed E-state index contributed by atoms with van der Waals surface area (Å²) in [7, 11) is 1.48. The van der Waals surface area contributed by atoms with E-state index in [-0.39, 0.29) is 6.61 Å². The zero-order valence-electron chi connectivity index (χ0n) is 16.5. The lowest BCUT2D eigenvalue weighted by Gasteiger charge is -2.42. The molecule has 2 heterocycles. The highest BCUT2D eigenvalue weighted by atomic mass is 16.7. The van der Waals surface area contributed by atoms with Crippen LogP contribution in [0.5, 0.6) is 11.5 Å². The van der Waals surface area contributed by atoms with Crippen LogP contribution in [0.25, 0.3) is 0 Å². The molecule has 3 rings (SSSR count). The quantitative estimate of drug-likeness (QED) is 0.287. The van der Waals surface area contributed by atoms with Crippen molar-refractivity contribution >= 4 is 0 Å². The first-order chi connectivity index (χ1) is 14.2. The number of aliphatic hydroxyl groups is 6. The number of methoxy groups -OCH3 is 1. The van der Waals surface area contributed by atoms with Gasteiger partial charge in [-0.2, -0.15) is 0 Å². The van der Waals surface area contributed by atoms with Gasteiger partial charge in [0.2, 0.25) is 6.29 Å². The molecule has 2 saturated heterocycles. The van der Waals surface area contributed by atoms with Crippen LogP contribution in [0.3, 0.4) is 0 Å². The summed E-state index contributed by atoms with van der Waals surface area (Å²) in [5.41, 5.74) is 0. The lowest BCUT2D eigenvalue weighted by molar-refractivity contribution is -0.318. The second-order valence-corrected chi connectivity index (χ2v) is 7.33. The molecule has 170 valence electrons. The molecular formula is C19H28O11. The van der Waals surface area contributed by atoms with Gasteiger partial charge in [0.05, 0.1) is 19.8 Å². The summed E-state index contributed by atoms with van der Waals surface area (Å²) < 4.78 is 27.0. The van der Waals surface area contributed by atoms with E-state index in [1.54, 1.807) is 24.3 Å². The summed E-state index contributed by atoms with van der Waals surface area (Å²) in [6.07, 6.45) is -13.5. The van der Waals surface area contributed by atoms with Gasteiger partial charge in [-0.1, -0.05) is 6.07 Å². The maximum Gasteiger partial charge on any atom is 0.229 e. The number of ether oxygens (including phenoxy) is 5. The molecule has 2 aliphatic heterocycles. The van der Waals surface area contributed by atoms with Gasteiger partial charge in [-0.05, 0) is 19.1 Å². The van der Waals surface area contributed by atoms with Crippen molar-refractivity contribution in [1.82, 2.24) is 0 Å². The van der Waals surface area contributed by atoms with Crippen molar-refractivity contribution in [1.29, 1.82) is 0 Å². The fourth-order valence-electron chi connectivity index (χ4n) is 3.30. The second kappa shape index (κ2) is 9.73. The molecule has 11 nitrogen and oxygen atoms in total. The zero-order chi connectivity index (χ0) is 22.0. The molecule has 2 aliphatic rings. The van der Waals surface area contributed by atoms with Crippen LogP contribution >= 0.6 is 0 Å². The Morgan fingerprint density at radius 1 is 0.800 bits per heavy atom. The van der Waals surface area contributed by atoms with Crippen LogP contribution < -0.4 is 9.47 Å². The van der Waals surface area contributed by atoms with E-state index in [0.29, 0.717) is 11.5 Å². The van der Waals surface area contributed by atoms with Crippen molar-refractivity contribution < 1.29 is 54.3 Å². The van der Waals surface area contributed by atoms with Gasteiger partial charge in [0, 0.05) is 6.07 Å². The Kier molecular flexibility index (Phi) is 7.50. The molecule has 2 fully saturated rings. The molecule has 11 heteroatoms. The van der Waals surface area contributed by atoms with Crippen LogP contribution in [0, 0.1) is 0 Å². The van der Waals surface area contributed by atoms with Gasteiger partial charge in [0.25, 0.3) is 0 Å². The second-order valence-electron chi connectivity index (χ2n) is 7.33.